The van der Waals surface area contributed by atoms with Gasteiger partial charge in [-0.3, -0.25) is 14.4 Å². The maximum atomic E-state index is 12.2. The summed E-state index contributed by atoms with van der Waals surface area (Å²) in [6, 6.07) is -0.773. The zero-order valence-electron chi connectivity index (χ0n) is 12.7. The summed E-state index contributed by atoms with van der Waals surface area (Å²) < 4.78 is 0. The van der Waals surface area contributed by atoms with Gasteiger partial charge in [0.15, 0.2) is 0 Å². The van der Waals surface area contributed by atoms with Crippen molar-refractivity contribution < 1.29 is 19.5 Å². The average molecular weight is 287 g/mol. The van der Waals surface area contributed by atoms with Gasteiger partial charge >= 0.3 is 0 Å². The highest BCUT2D eigenvalue weighted by atomic mass is 16.3. The minimum absolute atomic E-state index is 0.259. The summed E-state index contributed by atoms with van der Waals surface area (Å²) in [5, 5.41) is 13.3. The first kappa shape index (κ1) is 18.4. The smallest absolute Gasteiger partial charge is 0.244 e. The first-order chi connectivity index (χ1) is 8.94. The van der Waals surface area contributed by atoms with Crippen LogP contribution in [0.4, 0.5) is 0 Å². The van der Waals surface area contributed by atoms with Crippen LogP contribution in [0.3, 0.4) is 0 Å². The lowest BCUT2D eigenvalue weighted by atomic mass is 9.74. The predicted molar refractivity (Wildman–Crippen MR) is 74.2 cm³/mol. The number of hydrogen-bond acceptors (Lipinski definition) is 4. The van der Waals surface area contributed by atoms with Crippen molar-refractivity contribution in [3.8, 4) is 0 Å². The molecule has 0 aliphatic heterocycles. The average Bonchev–Trinajstić information content (AvgIpc) is 2.27. The SMILES string of the molecule is CC(NC(=O)C(C)(C)CC(C)(C)C(N)=O)C(=O)NCO. The van der Waals surface area contributed by atoms with Gasteiger partial charge in [-0.25, -0.2) is 0 Å². The maximum absolute atomic E-state index is 12.2. The second kappa shape index (κ2) is 6.69. The summed E-state index contributed by atoms with van der Waals surface area (Å²) in [7, 11) is 0. The minimum Gasteiger partial charge on any atom is -0.376 e. The van der Waals surface area contributed by atoms with Gasteiger partial charge < -0.3 is 21.5 Å². The number of hydrogen-bond donors (Lipinski definition) is 4. The molecule has 0 aliphatic carbocycles. The number of amides is 3. The Labute approximate surface area is 119 Å². The first-order valence-corrected chi connectivity index (χ1v) is 6.43. The lowest BCUT2D eigenvalue weighted by Gasteiger charge is -2.32. The third kappa shape index (κ3) is 5.16. The molecule has 3 amide bonds. The lowest BCUT2D eigenvalue weighted by Crippen LogP contribution is -2.50. The summed E-state index contributed by atoms with van der Waals surface area (Å²) in [6.07, 6.45) is 0.259. The second-order valence-electron chi connectivity index (χ2n) is 6.20. The van der Waals surface area contributed by atoms with E-state index in [2.05, 4.69) is 10.6 Å². The van der Waals surface area contributed by atoms with Crippen LogP contribution in [0.2, 0.25) is 0 Å². The van der Waals surface area contributed by atoms with Gasteiger partial charge in [0.2, 0.25) is 17.7 Å². The van der Waals surface area contributed by atoms with Gasteiger partial charge in [-0.2, -0.15) is 0 Å². The van der Waals surface area contributed by atoms with Crippen molar-refractivity contribution in [3.63, 3.8) is 0 Å². The fourth-order valence-corrected chi connectivity index (χ4v) is 1.96. The van der Waals surface area contributed by atoms with Crippen LogP contribution in [0.25, 0.3) is 0 Å². The van der Waals surface area contributed by atoms with Crippen LogP contribution in [-0.4, -0.2) is 35.6 Å². The highest BCUT2D eigenvalue weighted by Gasteiger charge is 2.38. The standard InChI is InChI=1S/C13H25N3O4/c1-8(9(18)15-7-17)16-11(20)13(4,5)6-12(2,3)10(14)19/h8,17H,6-7H2,1-5H3,(H2,14,19)(H,15,18)(H,16,20). The van der Waals surface area contributed by atoms with E-state index >= 15 is 0 Å². The molecule has 0 aromatic rings. The number of nitrogens with two attached hydrogens (primary N) is 1. The molecule has 116 valence electrons. The Bertz CT molecular complexity index is 391. The molecular formula is C13H25N3O4. The summed E-state index contributed by atoms with van der Waals surface area (Å²) in [5.41, 5.74) is 3.63. The van der Waals surface area contributed by atoms with E-state index in [1.54, 1.807) is 27.7 Å². The van der Waals surface area contributed by atoms with Crippen molar-refractivity contribution in [1.29, 1.82) is 0 Å². The van der Waals surface area contributed by atoms with Gasteiger partial charge in [-0.1, -0.05) is 27.7 Å². The van der Waals surface area contributed by atoms with E-state index in [0.29, 0.717) is 0 Å². The fourth-order valence-electron chi connectivity index (χ4n) is 1.96. The van der Waals surface area contributed by atoms with Crippen molar-refractivity contribution >= 4 is 17.7 Å². The zero-order valence-corrected chi connectivity index (χ0v) is 12.7. The molecular weight excluding hydrogens is 262 g/mol. The largest absolute Gasteiger partial charge is 0.376 e. The van der Waals surface area contributed by atoms with Crippen molar-refractivity contribution in [2.45, 2.75) is 47.1 Å². The van der Waals surface area contributed by atoms with E-state index in [9.17, 15) is 14.4 Å². The Balaban J connectivity index is 4.75. The summed E-state index contributed by atoms with van der Waals surface area (Å²) in [6.45, 7) is 7.74. The summed E-state index contributed by atoms with van der Waals surface area (Å²) >= 11 is 0. The Kier molecular flexibility index (Phi) is 6.15. The molecule has 0 fully saturated rings. The van der Waals surface area contributed by atoms with Crippen LogP contribution in [0.5, 0.6) is 0 Å². The number of carbonyl (C=O) groups is 3. The van der Waals surface area contributed by atoms with E-state index in [0.717, 1.165) is 0 Å². The lowest BCUT2D eigenvalue weighted by molar-refractivity contribution is -0.137. The zero-order chi connectivity index (χ0) is 16.1. The number of nitrogens with one attached hydrogen (secondary N) is 2. The Morgan fingerprint density at radius 1 is 1.15 bits per heavy atom. The van der Waals surface area contributed by atoms with Crippen molar-refractivity contribution in [1.82, 2.24) is 10.6 Å². The molecule has 0 aromatic carbocycles. The van der Waals surface area contributed by atoms with Gasteiger partial charge in [0.05, 0.1) is 0 Å². The van der Waals surface area contributed by atoms with Gasteiger partial charge in [0.1, 0.15) is 12.8 Å². The highest BCUT2D eigenvalue weighted by molar-refractivity contribution is 5.90. The normalized spacial score (nSPS) is 13.5. The van der Waals surface area contributed by atoms with E-state index in [1.807, 2.05) is 0 Å². The molecule has 1 unspecified atom stereocenters. The van der Waals surface area contributed by atoms with E-state index < -0.39 is 35.4 Å². The Hall–Kier alpha value is -1.63. The third-order valence-electron chi connectivity index (χ3n) is 3.16. The van der Waals surface area contributed by atoms with Crippen LogP contribution in [0.15, 0.2) is 0 Å². The number of aliphatic hydroxyl groups is 1. The molecule has 0 saturated heterocycles. The molecule has 0 aliphatic rings. The predicted octanol–water partition coefficient (Wildman–Crippen LogP) is -0.515. The Morgan fingerprint density at radius 3 is 2.05 bits per heavy atom. The summed E-state index contributed by atoms with van der Waals surface area (Å²) in [5.74, 6) is -1.32. The fraction of sp³-hybridized carbons (Fsp3) is 0.769. The molecule has 20 heavy (non-hydrogen) atoms. The Morgan fingerprint density at radius 2 is 1.65 bits per heavy atom. The summed E-state index contributed by atoms with van der Waals surface area (Å²) in [4.78, 5) is 35.0. The molecule has 7 heteroatoms. The molecule has 0 saturated carbocycles. The second-order valence-corrected chi connectivity index (χ2v) is 6.20. The van der Waals surface area contributed by atoms with Crippen LogP contribution in [0, 0.1) is 10.8 Å². The molecule has 1 atom stereocenters. The number of aliphatic hydroxyl groups excluding tert-OH is 1. The van der Waals surface area contributed by atoms with Crippen LogP contribution < -0.4 is 16.4 Å². The van der Waals surface area contributed by atoms with E-state index in [1.165, 1.54) is 6.92 Å². The van der Waals surface area contributed by atoms with Crippen LogP contribution in [0.1, 0.15) is 41.0 Å². The maximum Gasteiger partial charge on any atom is 0.244 e. The minimum atomic E-state index is -0.855. The number of carbonyl (C=O) groups excluding carboxylic acids is 3. The van der Waals surface area contributed by atoms with E-state index in [4.69, 9.17) is 10.8 Å². The van der Waals surface area contributed by atoms with Crippen molar-refractivity contribution in [2.24, 2.45) is 16.6 Å². The topological polar surface area (TPSA) is 122 Å². The molecule has 0 radical (unpaired) electrons. The van der Waals surface area contributed by atoms with Gasteiger partial charge in [-0.05, 0) is 13.3 Å². The van der Waals surface area contributed by atoms with Gasteiger partial charge in [-0.15, -0.1) is 0 Å². The quantitative estimate of drug-likeness (QED) is 0.471. The molecule has 5 N–H and O–H groups in total. The van der Waals surface area contributed by atoms with E-state index in [-0.39, 0.29) is 12.3 Å². The third-order valence-corrected chi connectivity index (χ3v) is 3.16. The highest BCUT2D eigenvalue weighted by Crippen LogP contribution is 2.33. The van der Waals surface area contributed by atoms with Crippen molar-refractivity contribution in [2.75, 3.05) is 6.73 Å². The van der Waals surface area contributed by atoms with Crippen LogP contribution >= 0.6 is 0 Å². The molecule has 0 bridgehead atoms. The van der Waals surface area contributed by atoms with Gasteiger partial charge in [0.25, 0.3) is 0 Å². The number of primary amides is 1. The monoisotopic (exact) mass is 287 g/mol. The molecule has 0 rings (SSSR count). The first-order valence-electron chi connectivity index (χ1n) is 6.43. The molecule has 0 spiro atoms. The molecule has 7 nitrogen and oxygen atoms in total. The van der Waals surface area contributed by atoms with Gasteiger partial charge in [0, 0.05) is 10.8 Å². The van der Waals surface area contributed by atoms with Crippen molar-refractivity contribution in [3.05, 3.63) is 0 Å². The number of rotatable bonds is 7. The molecule has 0 heterocycles. The van der Waals surface area contributed by atoms with Crippen LogP contribution in [-0.2, 0) is 14.4 Å². The molecule has 0 aromatic heterocycles.